The van der Waals surface area contributed by atoms with Gasteiger partial charge in [0.2, 0.25) is 11.8 Å². The molecular formula is C12H25N3O2S. The number of nitrogens with one attached hydrogen (secondary N) is 1. The van der Waals surface area contributed by atoms with Crippen molar-refractivity contribution in [3.8, 4) is 0 Å². The second kappa shape index (κ2) is 9.22. The fourth-order valence-corrected chi connectivity index (χ4v) is 1.82. The van der Waals surface area contributed by atoms with Gasteiger partial charge in [-0.3, -0.25) is 9.59 Å². The standard InChI is InChI=1S/C12H25N3O2S/c1-5-6-15(8-7-14(3)4)12(17)11(9-18)13-10(2)16/h11,18H,5-9H2,1-4H3,(H,13,16). The third-order valence-corrected chi connectivity index (χ3v) is 2.85. The summed E-state index contributed by atoms with van der Waals surface area (Å²) in [4.78, 5) is 27.1. The van der Waals surface area contributed by atoms with Gasteiger partial charge in [-0.25, -0.2) is 0 Å². The highest BCUT2D eigenvalue weighted by Crippen LogP contribution is 2.00. The van der Waals surface area contributed by atoms with Crippen molar-refractivity contribution >= 4 is 24.4 Å². The smallest absolute Gasteiger partial charge is 0.246 e. The maximum absolute atomic E-state index is 12.3. The van der Waals surface area contributed by atoms with E-state index in [1.165, 1.54) is 6.92 Å². The number of amides is 2. The zero-order chi connectivity index (χ0) is 14.1. The van der Waals surface area contributed by atoms with Gasteiger partial charge in [0, 0.05) is 32.3 Å². The number of nitrogens with zero attached hydrogens (tertiary/aromatic N) is 2. The van der Waals surface area contributed by atoms with Gasteiger partial charge in [0.15, 0.2) is 0 Å². The van der Waals surface area contributed by atoms with E-state index >= 15 is 0 Å². The maximum atomic E-state index is 12.3. The molecule has 0 aromatic heterocycles. The molecule has 18 heavy (non-hydrogen) atoms. The van der Waals surface area contributed by atoms with Gasteiger partial charge in [-0.15, -0.1) is 0 Å². The van der Waals surface area contributed by atoms with Crippen LogP contribution < -0.4 is 5.32 Å². The first-order valence-electron chi connectivity index (χ1n) is 6.23. The van der Waals surface area contributed by atoms with Crippen molar-refractivity contribution in [1.29, 1.82) is 0 Å². The predicted octanol–water partition coefficient (Wildman–Crippen LogP) is 0.221. The van der Waals surface area contributed by atoms with E-state index in [9.17, 15) is 9.59 Å². The molecule has 0 aromatic rings. The van der Waals surface area contributed by atoms with E-state index in [-0.39, 0.29) is 11.8 Å². The van der Waals surface area contributed by atoms with E-state index in [0.717, 1.165) is 13.0 Å². The van der Waals surface area contributed by atoms with Crippen LogP contribution in [-0.2, 0) is 9.59 Å². The van der Waals surface area contributed by atoms with Crippen LogP contribution in [0.2, 0.25) is 0 Å². The van der Waals surface area contributed by atoms with Crippen molar-refractivity contribution in [3.05, 3.63) is 0 Å². The van der Waals surface area contributed by atoms with Crippen LogP contribution in [0.15, 0.2) is 0 Å². The number of thiol groups is 1. The van der Waals surface area contributed by atoms with Gasteiger partial charge in [-0.05, 0) is 20.5 Å². The van der Waals surface area contributed by atoms with Gasteiger partial charge in [-0.2, -0.15) is 12.6 Å². The first-order chi connectivity index (χ1) is 8.42. The van der Waals surface area contributed by atoms with Crippen LogP contribution in [0.4, 0.5) is 0 Å². The van der Waals surface area contributed by atoms with Gasteiger partial charge in [0.25, 0.3) is 0 Å². The fourth-order valence-electron chi connectivity index (χ4n) is 1.57. The minimum Gasteiger partial charge on any atom is -0.344 e. The van der Waals surface area contributed by atoms with E-state index < -0.39 is 6.04 Å². The van der Waals surface area contributed by atoms with Crippen LogP contribution in [0.1, 0.15) is 20.3 Å². The van der Waals surface area contributed by atoms with Crippen LogP contribution in [0.25, 0.3) is 0 Å². The molecule has 0 heterocycles. The normalized spacial score (nSPS) is 12.3. The largest absolute Gasteiger partial charge is 0.344 e. The van der Waals surface area contributed by atoms with Crippen molar-refractivity contribution < 1.29 is 9.59 Å². The van der Waals surface area contributed by atoms with Gasteiger partial charge < -0.3 is 15.1 Å². The van der Waals surface area contributed by atoms with Gasteiger partial charge in [0.05, 0.1) is 0 Å². The Morgan fingerprint density at radius 3 is 2.22 bits per heavy atom. The Balaban J connectivity index is 4.54. The molecule has 1 atom stereocenters. The molecule has 0 saturated carbocycles. The van der Waals surface area contributed by atoms with E-state index in [2.05, 4.69) is 17.9 Å². The Morgan fingerprint density at radius 1 is 1.22 bits per heavy atom. The lowest BCUT2D eigenvalue weighted by molar-refractivity contribution is -0.135. The molecule has 0 aliphatic heterocycles. The lowest BCUT2D eigenvalue weighted by Gasteiger charge is -2.27. The summed E-state index contributed by atoms with van der Waals surface area (Å²) < 4.78 is 0. The Hall–Kier alpha value is -0.750. The van der Waals surface area contributed by atoms with Crippen LogP contribution >= 0.6 is 12.6 Å². The average Bonchev–Trinajstić information content (AvgIpc) is 2.30. The molecule has 0 bridgehead atoms. The lowest BCUT2D eigenvalue weighted by atomic mass is 10.2. The predicted molar refractivity (Wildman–Crippen MR) is 76.9 cm³/mol. The fraction of sp³-hybridized carbons (Fsp3) is 0.833. The van der Waals surface area contributed by atoms with Crippen molar-refractivity contribution in [3.63, 3.8) is 0 Å². The van der Waals surface area contributed by atoms with E-state index in [1.54, 1.807) is 4.90 Å². The quantitative estimate of drug-likeness (QED) is 0.623. The minimum atomic E-state index is -0.528. The molecular weight excluding hydrogens is 250 g/mol. The zero-order valence-corrected chi connectivity index (χ0v) is 12.7. The van der Waals surface area contributed by atoms with E-state index in [4.69, 9.17) is 0 Å². The van der Waals surface area contributed by atoms with Crippen molar-refractivity contribution in [2.45, 2.75) is 26.3 Å². The number of hydrogen-bond acceptors (Lipinski definition) is 4. The third-order valence-electron chi connectivity index (χ3n) is 2.48. The first-order valence-corrected chi connectivity index (χ1v) is 6.87. The lowest BCUT2D eigenvalue weighted by Crippen LogP contribution is -2.50. The number of likely N-dealkylation sites (N-methyl/N-ethyl adjacent to an activating group) is 1. The van der Waals surface area contributed by atoms with Gasteiger partial charge in [-0.1, -0.05) is 6.92 Å². The molecule has 0 fully saturated rings. The van der Waals surface area contributed by atoms with Crippen molar-refractivity contribution in [2.75, 3.05) is 39.5 Å². The van der Waals surface area contributed by atoms with Gasteiger partial charge in [0.1, 0.15) is 6.04 Å². The Morgan fingerprint density at radius 2 is 1.83 bits per heavy atom. The zero-order valence-electron chi connectivity index (χ0n) is 11.8. The highest BCUT2D eigenvalue weighted by atomic mass is 32.1. The second-order valence-electron chi connectivity index (χ2n) is 4.56. The summed E-state index contributed by atoms with van der Waals surface area (Å²) in [6.07, 6.45) is 0.901. The number of rotatable bonds is 8. The Kier molecular flexibility index (Phi) is 8.83. The van der Waals surface area contributed by atoms with E-state index in [0.29, 0.717) is 18.8 Å². The Labute approximate surface area is 115 Å². The summed E-state index contributed by atoms with van der Waals surface area (Å²) >= 11 is 4.13. The molecule has 106 valence electrons. The summed E-state index contributed by atoms with van der Waals surface area (Å²) in [5.41, 5.74) is 0. The maximum Gasteiger partial charge on any atom is 0.246 e. The van der Waals surface area contributed by atoms with Gasteiger partial charge >= 0.3 is 0 Å². The number of carbonyl (C=O) groups excluding carboxylic acids is 2. The number of hydrogen-bond donors (Lipinski definition) is 2. The molecule has 2 amide bonds. The van der Waals surface area contributed by atoms with Crippen molar-refractivity contribution in [2.24, 2.45) is 0 Å². The molecule has 0 saturated heterocycles. The monoisotopic (exact) mass is 275 g/mol. The highest BCUT2D eigenvalue weighted by Gasteiger charge is 2.23. The van der Waals surface area contributed by atoms with Crippen molar-refractivity contribution in [1.82, 2.24) is 15.1 Å². The SMILES string of the molecule is CCCN(CCN(C)C)C(=O)C(CS)NC(C)=O. The molecule has 1 unspecified atom stereocenters. The molecule has 5 nitrogen and oxygen atoms in total. The first kappa shape index (κ1) is 17.2. The summed E-state index contributed by atoms with van der Waals surface area (Å²) in [6, 6.07) is -0.528. The summed E-state index contributed by atoms with van der Waals surface area (Å²) in [6.45, 7) is 5.63. The molecule has 0 rings (SSSR count). The molecule has 6 heteroatoms. The number of carbonyl (C=O) groups is 2. The second-order valence-corrected chi connectivity index (χ2v) is 4.93. The third kappa shape index (κ3) is 6.86. The van der Waals surface area contributed by atoms with Crippen LogP contribution in [0.3, 0.4) is 0 Å². The van der Waals surface area contributed by atoms with Crippen LogP contribution in [-0.4, -0.2) is 67.1 Å². The van der Waals surface area contributed by atoms with Crippen LogP contribution in [0.5, 0.6) is 0 Å². The summed E-state index contributed by atoms with van der Waals surface area (Å²) in [7, 11) is 3.94. The molecule has 0 aromatic carbocycles. The molecule has 0 radical (unpaired) electrons. The Bertz CT molecular complexity index is 272. The van der Waals surface area contributed by atoms with E-state index in [1.807, 2.05) is 25.9 Å². The minimum absolute atomic E-state index is 0.0519. The summed E-state index contributed by atoms with van der Waals surface area (Å²) in [5.74, 6) is 0.0657. The molecule has 0 spiro atoms. The van der Waals surface area contributed by atoms with Crippen LogP contribution in [0, 0.1) is 0 Å². The molecule has 1 N–H and O–H groups in total. The summed E-state index contributed by atoms with van der Waals surface area (Å²) in [5, 5.41) is 2.64. The highest BCUT2D eigenvalue weighted by molar-refractivity contribution is 7.80. The average molecular weight is 275 g/mol. The molecule has 0 aliphatic rings. The molecule has 0 aliphatic carbocycles. The topological polar surface area (TPSA) is 52.6 Å².